The smallest absolute Gasteiger partial charge is 0.109 e. The van der Waals surface area contributed by atoms with Crippen LogP contribution in [0.5, 0.6) is 0 Å². The van der Waals surface area contributed by atoms with Gasteiger partial charge in [-0.25, -0.2) is 4.98 Å². The maximum Gasteiger partial charge on any atom is 0.109 e. The van der Waals surface area contributed by atoms with Crippen molar-refractivity contribution < 1.29 is 0 Å². The molecule has 3 nitrogen and oxygen atoms in total. The largest absolute Gasteiger partial charge is 0.331 e. The highest BCUT2D eigenvalue weighted by molar-refractivity contribution is 5.76. The molecule has 3 heteroatoms. The lowest BCUT2D eigenvalue weighted by atomic mass is 10.1. The summed E-state index contributed by atoms with van der Waals surface area (Å²) in [5, 5.41) is 0. The number of nitrogens with zero attached hydrogens (tertiary/aromatic N) is 2. The molecule has 17 heavy (non-hydrogen) atoms. The van der Waals surface area contributed by atoms with Gasteiger partial charge in [0.05, 0.1) is 11.0 Å². The van der Waals surface area contributed by atoms with Gasteiger partial charge in [0, 0.05) is 19.5 Å². The number of imidazole rings is 1. The zero-order valence-corrected chi connectivity index (χ0v) is 10.9. The van der Waals surface area contributed by atoms with Gasteiger partial charge in [-0.05, 0) is 37.5 Å². The van der Waals surface area contributed by atoms with Gasteiger partial charge in [0.15, 0.2) is 0 Å². The first kappa shape index (κ1) is 12.1. The van der Waals surface area contributed by atoms with E-state index in [1.807, 2.05) is 0 Å². The number of hydrogen-bond donors (Lipinski definition) is 1. The predicted molar refractivity (Wildman–Crippen MR) is 72.1 cm³/mol. The molecule has 0 amide bonds. The van der Waals surface area contributed by atoms with Crippen molar-refractivity contribution in [3.8, 4) is 0 Å². The number of nitrogens with two attached hydrogens (primary N) is 1. The predicted octanol–water partition coefficient (Wildman–Crippen LogP) is 2.42. The maximum atomic E-state index is 5.78. The number of aromatic nitrogens is 2. The lowest BCUT2D eigenvalue weighted by molar-refractivity contribution is 0.666. The van der Waals surface area contributed by atoms with Gasteiger partial charge in [-0.1, -0.05) is 13.0 Å². The Labute approximate surface area is 103 Å². The third-order valence-corrected chi connectivity index (χ3v) is 3.24. The van der Waals surface area contributed by atoms with Crippen LogP contribution in [0, 0.1) is 0 Å². The summed E-state index contributed by atoms with van der Waals surface area (Å²) in [6, 6.07) is 6.81. The van der Waals surface area contributed by atoms with E-state index in [2.05, 4.69) is 48.6 Å². The lowest BCUT2D eigenvalue weighted by Crippen LogP contribution is -2.15. The molecule has 0 aliphatic heterocycles. The highest BCUT2D eigenvalue weighted by atomic mass is 15.1. The molecule has 1 unspecified atom stereocenters. The number of rotatable bonds is 4. The van der Waals surface area contributed by atoms with Crippen LogP contribution in [0.3, 0.4) is 0 Å². The van der Waals surface area contributed by atoms with Crippen LogP contribution < -0.4 is 5.73 Å². The molecule has 0 spiro atoms. The molecular formula is C14H21N3. The lowest BCUT2D eigenvalue weighted by Gasteiger charge is -2.05. The molecule has 1 atom stereocenters. The van der Waals surface area contributed by atoms with Gasteiger partial charge < -0.3 is 10.3 Å². The Morgan fingerprint density at radius 3 is 2.82 bits per heavy atom. The molecule has 0 saturated carbocycles. The average Bonchev–Trinajstić information content (AvgIpc) is 2.63. The first-order chi connectivity index (χ1) is 8.11. The summed E-state index contributed by atoms with van der Waals surface area (Å²) in [5.74, 6) is 1.14. The zero-order valence-electron chi connectivity index (χ0n) is 10.9. The maximum absolute atomic E-state index is 5.78. The molecule has 1 aromatic heterocycles. The minimum absolute atomic E-state index is 0.264. The topological polar surface area (TPSA) is 43.8 Å². The first-order valence-electron chi connectivity index (χ1n) is 6.31. The number of benzene rings is 1. The number of fused-ring (bicyclic) bond motifs is 1. The van der Waals surface area contributed by atoms with Crippen LogP contribution >= 0.6 is 0 Å². The van der Waals surface area contributed by atoms with Gasteiger partial charge in [0.25, 0.3) is 0 Å². The van der Waals surface area contributed by atoms with E-state index in [1.165, 1.54) is 11.1 Å². The summed E-state index contributed by atoms with van der Waals surface area (Å²) < 4.78 is 2.17. The van der Waals surface area contributed by atoms with E-state index in [0.29, 0.717) is 0 Å². The first-order valence-corrected chi connectivity index (χ1v) is 6.31. The monoisotopic (exact) mass is 231 g/mol. The Balaban J connectivity index is 2.31. The van der Waals surface area contributed by atoms with Crippen molar-refractivity contribution in [3.05, 3.63) is 29.6 Å². The molecule has 1 aromatic carbocycles. The Morgan fingerprint density at radius 1 is 1.41 bits per heavy atom. The van der Waals surface area contributed by atoms with E-state index in [9.17, 15) is 0 Å². The number of aryl methyl sites for hydroxylation is 3. The van der Waals surface area contributed by atoms with E-state index in [-0.39, 0.29) is 6.04 Å². The molecule has 1 heterocycles. The zero-order chi connectivity index (χ0) is 12.4. The molecule has 92 valence electrons. The fraction of sp³-hybridized carbons (Fsp3) is 0.500. The van der Waals surface area contributed by atoms with Gasteiger partial charge in [-0.3, -0.25) is 0 Å². The van der Waals surface area contributed by atoms with Gasteiger partial charge in [-0.2, -0.15) is 0 Å². The molecule has 0 aliphatic carbocycles. The third kappa shape index (κ3) is 2.50. The molecule has 2 N–H and O–H groups in total. The fourth-order valence-corrected chi connectivity index (χ4v) is 2.16. The van der Waals surface area contributed by atoms with Crippen molar-refractivity contribution in [1.82, 2.24) is 9.55 Å². The Bertz CT molecular complexity index is 511. The molecule has 0 bridgehead atoms. The second-order valence-electron chi connectivity index (χ2n) is 4.78. The van der Waals surface area contributed by atoms with Crippen molar-refractivity contribution in [3.63, 3.8) is 0 Å². The second-order valence-corrected chi connectivity index (χ2v) is 4.78. The van der Waals surface area contributed by atoms with Gasteiger partial charge >= 0.3 is 0 Å². The average molecular weight is 231 g/mol. The Morgan fingerprint density at radius 2 is 2.18 bits per heavy atom. The summed E-state index contributed by atoms with van der Waals surface area (Å²) in [6.45, 7) is 4.19. The molecule has 2 rings (SSSR count). The fourth-order valence-electron chi connectivity index (χ4n) is 2.16. The van der Waals surface area contributed by atoms with Crippen molar-refractivity contribution in [2.75, 3.05) is 0 Å². The van der Waals surface area contributed by atoms with Crippen molar-refractivity contribution in [2.45, 2.75) is 39.2 Å². The van der Waals surface area contributed by atoms with E-state index in [4.69, 9.17) is 5.73 Å². The van der Waals surface area contributed by atoms with Crippen molar-refractivity contribution in [1.29, 1.82) is 0 Å². The second kappa shape index (κ2) is 4.88. The van der Waals surface area contributed by atoms with Gasteiger partial charge in [0.1, 0.15) is 5.82 Å². The van der Waals surface area contributed by atoms with Gasteiger partial charge in [-0.15, -0.1) is 0 Å². The van der Waals surface area contributed by atoms with Gasteiger partial charge in [0.2, 0.25) is 0 Å². The Kier molecular flexibility index (Phi) is 3.48. The van der Waals surface area contributed by atoms with E-state index < -0.39 is 0 Å². The summed E-state index contributed by atoms with van der Waals surface area (Å²) in [4.78, 5) is 4.65. The van der Waals surface area contributed by atoms with Crippen LogP contribution in [0.1, 0.15) is 31.7 Å². The quantitative estimate of drug-likeness (QED) is 0.878. The van der Waals surface area contributed by atoms with Crippen LogP contribution in [0.2, 0.25) is 0 Å². The van der Waals surface area contributed by atoms with Crippen LogP contribution in [0.4, 0.5) is 0 Å². The normalized spacial score (nSPS) is 13.2. The molecular weight excluding hydrogens is 210 g/mol. The highest BCUT2D eigenvalue weighted by Gasteiger charge is 2.06. The van der Waals surface area contributed by atoms with Crippen LogP contribution in [-0.2, 0) is 19.9 Å². The molecule has 0 radical (unpaired) electrons. The third-order valence-electron chi connectivity index (χ3n) is 3.24. The summed E-state index contributed by atoms with van der Waals surface area (Å²) in [7, 11) is 2.08. The Hall–Kier alpha value is -1.35. The number of hydrogen-bond acceptors (Lipinski definition) is 2. The van der Waals surface area contributed by atoms with Crippen LogP contribution in [0.15, 0.2) is 18.2 Å². The molecule has 0 saturated heterocycles. The van der Waals surface area contributed by atoms with Crippen molar-refractivity contribution >= 4 is 11.0 Å². The minimum atomic E-state index is 0.264. The van der Waals surface area contributed by atoms with Crippen LogP contribution in [0.25, 0.3) is 11.0 Å². The molecule has 0 aliphatic rings. The summed E-state index contributed by atoms with van der Waals surface area (Å²) >= 11 is 0. The van der Waals surface area contributed by atoms with E-state index in [0.717, 1.165) is 30.6 Å². The minimum Gasteiger partial charge on any atom is -0.331 e. The molecule has 2 aromatic rings. The van der Waals surface area contributed by atoms with Crippen LogP contribution in [-0.4, -0.2) is 15.6 Å². The summed E-state index contributed by atoms with van der Waals surface area (Å²) in [5.41, 5.74) is 9.43. The standard InChI is InChI=1S/C14H21N3/c1-4-14-16-12-9-11(6-5-10(2)15)7-8-13(12)17(14)3/h7-10H,4-6,15H2,1-3H3. The molecule has 0 fully saturated rings. The van der Waals surface area contributed by atoms with Crippen molar-refractivity contribution in [2.24, 2.45) is 12.8 Å². The van der Waals surface area contributed by atoms with E-state index in [1.54, 1.807) is 0 Å². The summed E-state index contributed by atoms with van der Waals surface area (Å²) in [6.07, 6.45) is 3.03. The SMILES string of the molecule is CCc1nc2cc(CCC(C)N)ccc2n1C. The highest BCUT2D eigenvalue weighted by Crippen LogP contribution is 2.18. The van der Waals surface area contributed by atoms with E-state index >= 15 is 0 Å².